The monoisotopic (exact) mass is 321 g/mol. The van der Waals surface area contributed by atoms with Crippen molar-refractivity contribution in [2.75, 3.05) is 6.26 Å². The van der Waals surface area contributed by atoms with Gasteiger partial charge in [-0.25, -0.2) is 0 Å². The zero-order valence-electron chi connectivity index (χ0n) is 7.32. The maximum atomic E-state index is 10.7. The molecule has 0 atom stereocenters. The molecule has 0 N–H and O–H groups in total. The molecule has 1 radical (unpaired) electrons. The van der Waals surface area contributed by atoms with E-state index >= 15 is 0 Å². The number of hydrogen-bond donors (Lipinski definition) is 0. The van der Waals surface area contributed by atoms with Gasteiger partial charge in [-0.2, -0.15) is 8.42 Å². The fourth-order valence-electron chi connectivity index (χ4n) is 0.694. The van der Waals surface area contributed by atoms with Gasteiger partial charge in [0, 0.05) is 33.1 Å². The van der Waals surface area contributed by atoms with Gasteiger partial charge in [0.2, 0.25) is 0 Å². The number of halogens is 1. The van der Waals surface area contributed by atoms with Crippen molar-refractivity contribution >= 4 is 62.3 Å². The van der Waals surface area contributed by atoms with Crippen LogP contribution in [-0.4, -0.2) is 44.2 Å². The van der Waals surface area contributed by atoms with E-state index < -0.39 is 10.1 Å². The first kappa shape index (κ1) is 13.7. The van der Waals surface area contributed by atoms with Crippen LogP contribution in [-0.2, 0) is 10.1 Å². The van der Waals surface area contributed by atoms with Crippen LogP contribution in [0.25, 0.3) is 0 Å². The summed E-state index contributed by atoms with van der Waals surface area (Å²) in [5.41, 5.74) is 0. The van der Waals surface area contributed by atoms with E-state index in [-0.39, 0.29) is 29.6 Å². The average Bonchev–Trinajstić information content (AvgIpc) is 1.82. The SMILES string of the molecule is CS(=O)(=O)Oc1cccc(I)c1.[Na]. The van der Waals surface area contributed by atoms with Crippen molar-refractivity contribution in [1.29, 1.82) is 0 Å². The van der Waals surface area contributed by atoms with Crippen LogP contribution in [0.15, 0.2) is 24.3 Å². The van der Waals surface area contributed by atoms with E-state index in [1.54, 1.807) is 18.2 Å². The van der Waals surface area contributed by atoms with Crippen LogP contribution in [0.3, 0.4) is 0 Å². The van der Waals surface area contributed by atoms with Crippen LogP contribution in [0.1, 0.15) is 0 Å². The molecule has 0 bridgehead atoms. The Hall–Kier alpha value is 0.700. The van der Waals surface area contributed by atoms with Crippen molar-refractivity contribution in [2.45, 2.75) is 0 Å². The molecule has 67 valence electrons. The molecule has 0 amide bonds. The maximum absolute atomic E-state index is 10.7. The largest absolute Gasteiger partial charge is 0.383 e. The number of hydrogen-bond acceptors (Lipinski definition) is 3. The van der Waals surface area contributed by atoms with Gasteiger partial charge >= 0.3 is 10.1 Å². The summed E-state index contributed by atoms with van der Waals surface area (Å²) in [6, 6.07) is 6.85. The summed E-state index contributed by atoms with van der Waals surface area (Å²) < 4.78 is 27.0. The molecule has 1 aromatic carbocycles. The average molecular weight is 321 g/mol. The van der Waals surface area contributed by atoms with Crippen molar-refractivity contribution in [3.05, 3.63) is 27.8 Å². The van der Waals surface area contributed by atoms with Gasteiger partial charge in [0.15, 0.2) is 0 Å². The fraction of sp³-hybridized carbons (Fsp3) is 0.143. The van der Waals surface area contributed by atoms with E-state index in [0.29, 0.717) is 5.75 Å². The second-order valence-electron chi connectivity index (χ2n) is 2.24. The Morgan fingerprint density at radius 2 is 2.00 bits per heavy atom. The quantitative estimate of drug-likeness (QED) is 0.468. The van der Waals surface area contributed by atoms with E-state index in [1.807, 2.05) is 6.07 Å². The molecule has 0 unspecified atom stereocenters. The van der Waals surface area contributed by atoms with Crippen LogP contribution in [0.5, 0.6) is 5.75 Å². The zero-order valence-corrected chi connectivity index (χ0v) is 12.3. The predicted molar refractivity (Wildman–Crippen MR) is 60.4 cm³/mol. The van der Waals surface area contributed by atoms with E-state index in [1.165, 1.54) is 0 Å². The van der Waals surface area contributed by atoms with Crippen molar-refractivity contribution in [3.8, 4) is 5.75 Å². The van der Waals surface area contributed by atoms with Crippen molar-refractivity contribution < 1.29 is 12.6 Å². The second kappa shape index (κ2) is 5.55. The van der Waals surface area contributed by atoms with Crippen LogP contribution < -0.4 is 4.18 Å². The number of rotatable bonds is 2. The van der Waals surface area contributed by atoms with Crippen molar-refractivity contribution in [2.24, 2.45) is 0 Å². The topological polar surface area (TPSA) is 43.4 Å². The summed E-state index contributed by atoms with van der Waals surface area (Å²) in [4.78, 5) is 0. The smallest absolute Gasteiger partial charge is 0.306 e. The summed E-state index contributed by atoms with van der Waals surface area (Å²) in [5.74, 6) is 0.351. The Kier molecular flexibility index (Phi) is 5.85. The van der Waals surface area contributed by atoms with Crippen molar-refractivity contribution in [1.82, 2.24) is 0 Å². The minimum Gasteiger partial charge on any atom is -0.383 e. The summed E-state index contributed by atoms with van der Waals surface area (Å²) in [7, 11) is -3.40. The maximum Gasteiger partial charge on any atom is 0.306 e. The molecule has 0 aliphatic heterocycles. The minimum absolute atomic E-state index is 0. The van der Waals surface area contributed by atoms with Crippen LogP contribution in [0, 0.1) is 3.57 Å². The van der Waals surface area contributed by atoms with Gasteiger partial charge in [-0.1, -0.05) is 6.07 Å². The Bertz CT molecular complexity index is 377. The summed E-state index contributed by atoms with van der Waals surface area (Å²) in [5, 5.41) is 0. The van der Waals surface area contributed by atoms with Gasteiger partial charge in [0.1, 0.15) is 5.75 Å². The Balaban J connectivity index is 0.00000144. The Labute approximate surface area is 113 Å². The molecule has 6 heteroatoms. The van der Waals surface area contributed by atoms with Crippen LogP contribution in [0.4, 0.5) is 0 Å². The first-order chi connectivity index (χ1) is 5.47. The molecule has 1 aromatic rings. The molecular weight excluding hydrogens is 314 g/mol. The molecule has 0 fully saturated rings. The van der Waals surface area contributed by atoms with E-state index in [9.17, 15) is 8.42 Å². The normalized spacial score (nSPS) is 10.3. The third-order valence-corrected chi connectivity index (χ3v) is 2.21. The molecule has 0 saturated carbocycles. The van der Waals surface area contributed by atoms with Gasteiger partial charge in [-0.05, 0) is 40.8 Å². The van der Waals surface area contributed by atoms with E-state index in [2.05, 4.69) is 26.8 Å². The van der Waals surface area contributed by atoms with Crippen LogP contribution in [0.2, 0.25) is 0 Å². The fourth-order valence-corrected chi connectivity index (χ4v) is 1.66. The number of benzene rings is 1. The summed E-state index contributed by atoms with van der Waals surface area (Å²) in [6.07, 6.45) is 1.02. The molecule has 0 heterocycles. The molecular formula is C7H7INaO3S. The minimum atomic E-state index is -3.40. The molecule has 0 spiro atoms. The predicted octanol–water partition coefficient (Wildman–Crippen LogP) is 1.25. The molecule has 0 aliphatic rings. The summed E-state index contributed by atoms with van der Waals surface area (Å²) in [6.45, 7) is 0. The van der Waals surface area contributed by atoms with E-state index in [4.69, 9.17) is 0 Å². The first-order valence-corrected chi connectivity index (χ1v) is 6.02. The molecule has 0 aromatic heterocycles. The van der Waals surface area contributed by atoms with Gasteiger partial charge in [-0.15, -0.1) is 0 Å². The third-order valence-electron chi connectivity index (χ3n) is 1.04. The zero-order chi connectivity index (χ0) is 9.19. The molecule has 0 aliphatic carbocycles. The van der Waals surface area contributed by atoms with Gasteiger partial charge in [0.05, 0.1) is 6.26 Å². The molecule has 3 nitrogen and oxygen atoms in total. The Morgan fingerprint density at radius 3 is 2.46 bits per heavy atom. The van der Waals surface area contributed by atoms with Gasteiger partial charge in [0.25, 0.3) is 0 Å². The molecule has 1 rings (SSSR count). The third kappa shape index (κ3) is 5.90. The molecule has 13 heavy (non-hydrogen) atoms. The summed E-state index contributed by atoms with van der Waals surface area (Å²) >= 11 is 2.08. The standard InChI is InChI=1S/C7H7IO3S.Na/c1-12(9,10)11-7-4-2-3-6(8)5-7;/h2-5H,1H3;. The van der Waals surface area contributed by atoms with E-state index in [0.717, 1.165) is 9.83 Å². The molecule has 0 saturated heterocycles. The van der Waals surface area contributed by atoms with Gasteiger partial charge in [-0.3, -0.25) is 0 Å². The first-order valence-electron chi connectivity index (χ1n) is 3.12. The van der Waals surface area contributed by atoms with Gasteiger partial charge < -0.3 is 4.18 Å². The Morgan fingerprint density at radius 1 is 1.38 bits per heavy atom. The van der Waals surface area contributed by atoms with Crippen LogP contribution >= 0.6 is 22.6 Å². The van der Waals surface area contributed by atoms with Crippen molar-refractivity contribution in [3.63, 3.8) is 0 Å². The second-order valence-corrected chi connectivity index (χ2v) is 5.07.